The van der Waals surface area contributed by atoms with Crippen molar-refractivity contribution in [2.75, 3.05) is 0 Å². The summed E-state index contributed by atoms with van der Waals surface area (Å²) in [6, 6.07) is 3.76. The predicted molar refractivity (Wildman–Crippen MR) is 58.6 cm³/mol. The second-order valence-corrected chi connectivity index (χ2v) is 4.54. The molecule has 2 atom stereocenters. The third-order valence-corrected chi connectivity index (χ3v) is 3.46. The lowest BCUT2D eigenvalue weighted by Gasteiger charge is -2.24. The van der Waals surface area contributed by atoms with E-state index in [0.29, 0.717) is 6.42 Å². The maximum Gasteiger partial charge on any atom is 0.240 e. The minimum Gasteiger partial charge on any atom is -0.387 e. The Balaban J connectivity index is 2.20. The van der Waals surface area contributed by atoms with Crippen molar-refractivity contribution in [3.05, 3.63) is 22.4 Å². The van der Waals surface area contributed by atoms with Crippen LogP contribution in [-0.4, -0.2) is 16.7 Å². The summed E-state index contributed by atoms with van der Waals surface area (Å²) in [5.41, 5.74) is 3.18. The van der Waals surface area contributed by atoms with Gasteiger partial charge in [-0.1, -0.05) is 6.07 Å². The summed E-state index contributed by atoms with van der Waals surface area (Å²) in [4.78, 5) is 12.0. The summed E-state index contributed by atoms with van der Waals surface area (Å²) < 4.78 is 0. The normalized spacial score (nSPS) is 23.2. The van der Waals surface area contributed by atoms with E-state index in [-0.39, 0.29) is 11.8 Å². The fraction of sp³-hybridized carbons (Fsp3) is 0.400. The lowest BCUT2D eigenvalue weighted by molar-refractivity contribution is -0.122. The Hall–Kier alpha value is -1.20. The topological polar surface area (TPSA) is 61.7 Å². The molecule has 1 aromatic heterocycles. The SMILES string of the molecule is CC1=NNC(=O)C[C@H]1[C@H](O)c1cccs1. The molecule has 0 saturated carbocycles. The van der Waals surface area contributed by atoms with E-state index in [0.717, 1.165) is 10.6 Å². The van der Waals surface area contributed by atoms with E-state index in [1.165, 1.54) is 11.3 Å². The van der Waals surface area contributed by atoms with Crippen molar-refractivity contribution < 1.29 is 9.90 Å². The van der Waals surface area contributed by atoms with E-state index in [2.05, 4.69) is 10.5 Å². The molecular formula is C10H12N2O2S. The van der Waals surface area contributed by atoms with Crippen molar-refractivity contribution >= 4 is 23.0 Å². The number of hydrogen-bond acceptors (Lipinski definition) is 4. The van der Waals surface area contributed by atoms with Gasteiger partial charge in [0.15, 0.2) is 0 Å². The summed E-state index contributed by atoms with van der Waals surface area (Å²) in [5, 5.41) is 15.9. The Morgan fingerprint density at radius 3 is 3.20 bits per heavy atom. The van der Waals surface area contributed by atoms with Crippen molar-refractivity contribution in [2.45, 2.75) is 19.4 Å². The van der Waals surface area contributed by atoms with Gasteiger partial charge in [0.05, 0.1) is 6.10 Å². The van der Waals surface area contributed by atoms with Crippen molar-refractivity contribution in [3.63, 3.8) is 0 Å². The monoisotopic (exact) mass is 224 g/mol. The quantitative estimate of drug-likeness (QED) is 0.795. The van der Waals surface area contributed by atoms with Crippen LogP contribution in [0.1, 0.15) is 24.3 Å². The molecule has 1 aliphatic heterocycles. The van der Waals surface area contributed by atoms with Crippen LogP contribution in [0.3, 0.4) is 0 Å². The Bertz CT molecular complexity index is 386. The second kappa shape index (κ2) is 4.12. The summed E-state index contributed by atoms with van der Waals surface area (Å²) in [6.45, 7) is 1.82. The van der Waals surface area contributed by atoms with Gasteiger partial charge in [0, 0.05) is 22.9 Å². The molecule has 0 fully saturated rings. The van der Waals surface area contributed by atoms with Crippen LogP contribution in [0.4, 0.5) is 0 Å². The van der Waals surface area contributed by atoms with Crippen LogP contribution in [-0.2, 0) is 4.79 Å². The van der Waals surface area contributed by atoms with Gasteiger partial charge in [-0.2, -0.15) is 5.10 Å². The summed E-state index contributed by atoms with van der Waals surface area (Å²) in [6.07, 6.45) is -0.325. The first kappa shape index (κ1) is 10.3. The number of aliphatic hydroxyl groups is 1. The maximum absolute atomic E-state index is 11.2. The smallest absolute Gasteiger partial charge is 0.240 e. The fourth-order valence-electron chi connectivity index (χ4n) is 1.62. The van der Waals surface area contributed by atoms with Gasteiger partial charge in [-0.05, 0) is 18.4 Å². The number of nitrogens with zero attached hydrogens (tertiary/aromatic N) is 1. The van der Waals surface area contributed by atoms with Crippen LogP contribution in [0, 0.1) is 5.92 Å². The first-order chi connectivity index (χ1) is 7.18. The third kappa shape index (κ3) is 2.08. The number of hydrazone groups is 1. The molecule has 2 rings (SSSR count). The summed E-state index contributed by atoms with van der Waals surface area (Å²) in [7, 11) is 0. The van der Waals surface area contributed by atoms with E-state index in [1.54, 1.807) is 0 Å². The van der Waals surface area contributed by atoms with Crippen molar-refractivity contribution in [1.29, 1.82) is 0 Å². The lowest BCUT2D eigenvalue weighted by Crippen LogP contribution is -2.34. The largest absolute Gasteiger partial charge is 0.387 e. The van der Waals surface area contributed by atoms with E-state index in [4.69, 9.17) is 0 Å². The molecular weight excluding hydrogens is 212 g/mol. The first-order valence-corrected chi connectivity index (χ1v) is 5.61. The molecule has 2 heterocycles. The Kier molecular flexibility index (Phi) is 2.83. The predicted octanol–water partition coefficient (Wildman–Crippen LogP) is 1.29. The zero-order valence-electron chi connectivity index (χ0n) is 8.30. The van der Waals surface area contributed by atoms with Gasteiger partial charge in [0.2, 0.25) is 5.91 Å². The molecule has 1 amide bonds. The number of amides is 1. The molecule has 1 aromatic rings. The molecule has 0 unspecified atom stereocenters. The first-order valence-electron chi connectivity index (χ1n) is 4.73. The Labute approximate surface area is 91.6 Å². The molecule has 0 bridgehead atoms. The molecule has 0 saturated heterocycles. The van der Waals surface area contributed by atoms with Gasteiger partial charge in [-0.25, -0.2) is 5.43 Å². The van der Waals surface area contributed by atoms with Crippen LogP contribution >= 0.6 is 11.3 Å². The number of nitrogens with one attached hydrogen (secondary N) is 1. The van der Waals surface area contributed by atoms with Gasteiger partial charge in [0.25, 0.3) is 0 Å². The number of carbonyl (C=O) groups is 1. The minimum absolute atomic E-state index is 0.138. The maximum atomic E-state index is 11.2. The van der Waals surface area contributed by atoms with Crippen LogP contribution in [0.5, 0.6) is 0 Å². The Morgan fingerprint density at radius 2 is 2.53 bits per heavy atom. The van der Waals surface area contributed by atoms with Gasteiger partial charge in [0.1, 0.15) is 0 Å². The molecule has 0 aliphatic carbocycles. The van der Waals surface area contributed by atoms with Crippen LogP contribution in [0.25, 0.3) is 0 Å². The highest BCUT2D eigenvalue weighted by Gasteiger charge is 2.29. The number of thiophene rings is 1. The van der Waals surface area contributed by atoms with E-state index in [1.807, 2.05) is 24.4 Å². The van der Waals surface area contributed by atoms with Crippen LogP contribution in [0.2, 0.25) is 0 Å². The zero-order chi connectivity index (χ0) is 10.8. The molecule has 1 aliphatic rings. The van der Waals surface area contributed by atoms with Crippen LogP contribution in [0.15, 0.2) is 22.6 Å². The molecule has 2 N–H and O–H groups in total. The standard InChI is InChI=1S/C10H12N2O2S/c1-6-7(5-9(13)12-11-6)10(14)8-3-2-4-15-8/h2-4,7,10,14H,5H2,1H3,(H,12,13)/t7-,10+/m1/s1. The third-order valence-electron chi connectivity index (χ3n) is 2.51. The molecule has 0 aromatic carbocycles. The zero-order valence-corrected chi connectivity index (χ0v) is 9.12. The number of carbonyl (C=O) groups excluding carboxylic acids is 1. The Morgan fingerprint density at radius 1 is 1.73 bits per heavy atom. The van der Waals surface area contributed by atoms with Gasteiger partial charge in [-0.3, -0.25) is 4.79 Å². The molecule has 0 radical (unpaired) electrons. The lowest BCUT2D eigenvalue weighted by atomic mass is 9.92. The van der Waals surface area contributed by atoms with E-state index < -0.39 is 6.10 Å². The van der Waals surface area contributed by atoms with Crippen LogP contribution < -0.4 is 5.43 Å². The van der Waals surface area contributed by atoms with Crippen molar-refractivity contribution in [1.82, 2.24) is 5.43 Å². The average molecular weight is 224 g/mol. The van der Waals surface area contributed by atoms with Gasteiger partial charge < -0.3 is 5.11 Å². The van der Waals surface area contributed by atoms with Crippen molar-refractivity contribution in [3.8, 4) is 0 Å². The second-order valence-electron chi connectivity index (χ2n) is 3.56. The summed E-state index contributed by atoms with van der Waals surface area (Å²) >= 11 is 1.49. The molecule has 5 heteroatoms. The number of aliphatic hydroxyl groups excluding tert-OH is 1. The molecule has 0 spiro atoms. The van der Waals surface area contributed by atoms with E-state index >= 15 is 0 Å². The van der Waals surface area contributed by atoms with Gasteiger partial charge >= 0.3 is 0 Å². The van der Waals surface area contributed by atoms with Gasteiger partial charge in [-0.15, -0.1) is 11.3 Å². The van der Waals surface area contributed by atoms with E-state index in [9.17, 15) is 9.90 Å². The number of hydrogen-bond donors (Lipinski definition) is 2. The molecule has 80 valence electrons. The highest BCUT2D eigenvalue weighted by atomic mass is 32.1. The number of rotatable bonds is 2. The molecule has 15 heavy (non-hydrogen) atoms. The van der Waals surface area contributed by atoms with Crippen molar-refractivity contribution in [2.24, 2.45) is 11.0 Å². The highest BCUT2D eigenvalue weighted by Crippen LogP contribution is 2.30. The minimum atomic E-state index is -0.625. The average Bonchev–Trinajstić information content (AvgIpc) is 2.74. The fourth-order valence-corrected chi connectivity index (χ4v) is 2.40. The highest BCUT2D eigenvalue weighted by molar-refractivity contribution is 7.10. The molecule has 4 nitrogen and oxygen atoms in total. The summed E-state index contributed by atoms with van der Waals surface area (Å²) in [5.74, 6) is -0.335.